The Hall–Kier alpha value is -5.13. The highest BCUT2D eigenvalue weighted by molar-refractivity contribution is 6.02. The molecule has 12 heteroatoms. The summed E-state index contributed by atoms with van der Waals surface area (Å²) in [6.45, 7) is 2.22. The van der Waals surface area contributed by atoms with Gasteiger partial charge in [0.1, 0.15) is 5.75 Å². The summed E-state index contributed by atoms with van der Waals surface area (Å²) in [6.07, 6.45) is 9.51. The van der Waals surface area contributed by atoms with Gasteiger partial charge in [-0.1, -0.05) is 12.1 Å². The summed E-state index contributed by atoms with van der Waals surface area (Å²) in [7, 11) is 0. The molecular weight excluding hydrogens is 586 g/mol. The van der Waals surface area contributed by atoms with Gasteiger partial charge in [-0.15, -0.1) is 0 Å². The van der Waals surface area contributed by atoms with E-state index in [4.69, 9.17) is 9.72 Å². The molecule has 0 saturated carbocycles. The minimum Gasteiger partial charge on any atom is -0.494 e. The van der Waals surface area contributed by atoms with Gasteiger partial charge in [-0.2, -0.15) is 5.10 Å². The van der Waals surface area contributed by atoms with Crippen molar-refractivity contribution in [3.8, 4) is 17.0 Å². The number of fused-ring (bicyclic) bond motifs is 2. The van der Waals surface area contributed by atoms with Gasteiger partial charge < -0.3 is 14.5 Å². The van der Waals surface area contributed by atoms with Crippen LogP contribution < -0.4 is 10.1 Å². The molecule has 0 spiro atoms. The molecule has 4 aromatic rings. The van der Waals surface area contributed by atoms with Crippen LogP contribution >= 0.6 is 0 Å². The van der Waals surface area contributed by atoms with E-state index in [1.165, 1.54) is 0 Å². The van der Waals surface area contributed by atoms with Gasteiger partial charge in [-0.25, -0.2) is 4.98 Å². The SMILES string of the molecule is O=C1CC(N2Cc3cc(OCCCCC(=O)N4CCC(n5cc(-c6cnc7ccccc7n6)cn5)CC4)ccc3C2=O)CC(=O)N1. The summed E-state index contributed by atoms with van der Waals surface area (Å²) < 4.78 is 7.93. The molecule has 1 N–H and O–H groups in total. The second-order valence-electron chi connectivity index (χ2n) is 12.2. The van der Waals surface area contributed by atoms with Crippen molar-refractivity contribution in [2.45, 2.75) is 63.6 Å². The van der Waals surface area contributed by atoms with Gasteiger partial charge in [0.2, 0.25) is 17.7 Å². The van der Waals surface area contributed by atoms with Crippen LogP contribution in [0.1, 0.15) is 66.9 Å². The van der Waals surface area contributed by atoms with E-state index >= 15 is 0 Å². The van der Waals surface area contributed by atoms with E-state index in [1.54, 1.807) is 23.2 Å². The molecule has 2 aromatic carbocycles. The number of likely N-dealkylation sites (tertiary alicyclic amines) is 1. The fourth-order valence-corrected chi connectivity index (χ4v) is 6.55. The standard InChI is InChI=1S/C34H35N7O5/c42-31-16-25(17-32(43)38-31)40-20-22-15-26(8-9-27(22)34(40)45)46-14-4-3-7-33(44)39-12-10-24(11-13-39)41-21-23(18-36-41)30-19-35-28-5-1-2-6-29(28)37-30/h1-2,5-6,8-9,15,18-19,21,24-25H,3-4,7,10-14,16-17,20H2,(H,38,42,43). The highest BCUT2D eigenvalue weighted by Gasteiger charge is 2.37. The lowest BCUT2D eigenvalue weighted by Crippen LogP contribution is -2.48. The van der Waals surface area contributed by atoms with Crippen molar-refractivity contribution in [2.24, 2.45) is 0 Å². The highest BCUT2D eigenvalue weighted by Crippen LogP contribution is 2.31. The predicted molar refractivity (Wildman–Crippen MR) is 167 cm³/mol. The first-order chi connectivity index (χ1) is 22.4. The third-order valence-corrected chi connectivity index (χ3v) is 9.06. The van der Waals surface area contributed by atoms with Crippen LogP contribution in [-0.4, -0.2) is 78.9 Å². The van der Waals surface area contributed by atoms with Crippen molar-refractivity contribution in [1.29, 1.82) is 0 Å². The Morgan fingerprint density at radius 1 is 0.935 bits per heavy atom. The molecule has 2 saturated heterocycles. The van der Waals surface area contributed by atoms with Crippen molar-refractivity contribution >= 4 is 34.7 Å². The summed E-state index contributed by atoms with van der Waals surface area (Å²) in [5, 5.41) is 6.89. The molecule has 3 aliphatic rings. The molecular formula is C34H35N7O5. The summed E-state index contributed by atoms with van der Waals surface area (Å²) in [5.41, 5.74) is 4.85. The van der Waals surface area contributed by atoms with Crippen molar-refractivity contribution in [3.05, 3.63) is 72.2 Å². The van der Waals surface area contributed by atoms with Gasteiger partial charge in [0.25, 0.3) is 5.91 Å². The van der Waals surface area contributed by atoms with Crippen molar-refractivity contribution < 1.29 is 23.9 Å². The van der Waals surface area contributed by atoms with Crippen molar-refractivity contribution in [2.75, 3.05) is 19.7 Å². The van der Waals surface area contributed by atoms with Crippen LogP contribution in [0.4, 0.5) is 0 Å². The number of imide groups is 1. The number of hydrogen-bond acceptors (Lipinski definition) is 8. The Labute approximate surface area is 265 Å². The zero-order valence-corrected chi connectivity index (χ0v) is 25.4. The van der Waals surface area contributed by atoms with E-state index in [1.807, 2.05) is 52.3 Å². The van der Waals surface area contributed by atoms with Gasteiger partial charge in [0, 0.05) is 62.3 Å². The van der Waals surface area contributed by atoms with Gasteiger partial charge in [0.15, 0.2) is 0 Å². The Kier molecular flexibility index (Phi) is 8.17. The number of aromatic nitrogens is 4. The molecule has 5 heterocycles. The van der Waals surface area contributed by atoms with Gasteiger partial charge in [0.05, 0.1) is 41.8 Å². The number of unbranched alkanes of at least 4 members (excludes halogenated alkanes) is 1. The molecule has 2 fully saturated rings. The van der Waals surface area contributed by atoms with E-state index in [-0.39, 0.29) is 42.5 Å². The Balaban J connectivity index is 0.834. The monoisotopic (exact) mass is 621 g/mol. The second-order valence-corrected chi connectivity index (χ2v) is 12.2. The first-order valence-electron chi connectivity index (χ1n) is 15.8. The maximum atomic E-state index is 12.9. The van der Waals surface area contributed by atoms with Gasteiger partial charge in [-0.3, -0.25) is 34.2 Å². The van der Waals surface area contributed by atoms with Gasteiger partial charge >= 0.3 is 0 Å². The first kappa shape index (κ1) is 29.6. The average molecular weight is 622 g/mol. The fourth-order valence-electron chi connectivity index (χ4n) is 6.55. The maximum absolute atomic E-state index is 12.9. The second kappa shape index (κ2) is 12.7. The third kappa shape index (κ3) is 6.19. The van der Waals surface area contributed by atoms with Crippen molar-refractivity contribution in [3.63, 3.8) is 0 Å². The lowest BCUT2D eigenvalue weighted by Gasteiger charge is -2.32. The Morgan fingerprint density at radius 3 is 2.52 bits per heavy atom. The van der Waals surface area contributed by atoms with E-state index in [0.717, 1.165) is 53.5 Å². The van der Waals surface area contributed by atoms with Crippen LogP contribution in [0.3, 0.4) is 0 Å². The molecule has 46 heavy (non-hydrogen) atoms. The van der Waals surface area contributed by atoms with E-state index in [0.29, 0.717) is 44.0 Å². The maximum Gasteiger partial charge on any atom is 0.254 e. The Morgan fingerprint density at radius 2 is 1.72 bits per heavy atom. The minimum absolute atomic E-state index is 0.124. The number of nitrogens with zero attached hydrogens (tertiary/aromatic N) is 6. The number of carbonyl (C=O) groups excluding carboxylic acids is 4. The lowest BCUT2D eigenvalue weighted by atomic mass is 10.0. The molecule has 7 rings (SSSR count). The number of ether oxygens (including phenoxy) is 1. The number of piperidine rings is 2. The quantitative estimate of drug-likeness (QED) is 0.221. The highest BCUT2D eigenvalue weighted by atomic mass is 16.5. The molecule has 0 aliphatic carbocycles. The number of amides is 4. The molecule has 3 aliphatic heterocycles. The fraction of sp³-hybridized carbons (Fsp3) is 0.382. The van der Waals surface area contributed by atoms with Crippen LogP contribution in [0.15, 0.2) is 61.1 Å². The Bertz CT molecular complexity index is 1800. The number of rotatable bonds is 9. The normalized spacial score (nSPS) is 17.4. The number of hydrogen-bond donors (Lipinski definition) is 1. The van der Waals surface area contributed by atoms with Gasteiger partial charge in [-0.05, 0) is 61.6 Å². The zero-order valence-electron chi connectivity index (χ0n) is 25.4. The summed E-state index contributed by atoms with van der Waals surface area (Å²) >= 11 is 0. The molecule has 0 atom stereocenters. The minimum atomic E-state index is -0.427. The third-order valence-electron chi connectivity index (χ3n) is 9.06. The first-order valence-corrected chi connectivity index (χ1v) is 15.8. The van der Waals surface area contributed by atoms with Crippen LogP contribution in [-0.2, 0) is 20.9 Å². The number of carbonyl (C=O) groups is 4. The van der Waals surface area contributed by atoms with Crippen LogP contribution in [0.5, 0.6) is 5.75 Å². The summed E-state index contributed by atoms with van der Waals surface area (Å²) in [6, 6.07) is 13.0. The zero-order chi connectivity index (χ0) is 31.6. The summed E-state index contributed by atoms with van der Waals surface area (Å²) in [5.74, 6) is -0.0457. The topological polar surface area (TPSA) is 140 Å². The lowest BCUT2D eigenvalue weighted by molar-refractivity contribution is -0.135. The summed E-state index contributed by atoms with van der Waals surface area (Å²) in [4.78, 5) is 62.2. The smallest absolute Gasteiger partial charge is 0.254 e. The molecule has 0 unspecified atom stereocenters. The van der Waals surface area contributed by atoms with Crippen LogP contribution in [0.25, 0.3) is 22.3 Å². The molecule has 12 nitrogen and oxygen atoms in total. The number of nitrogens with one attached hydrogen (secondary N) is 1. The largest absolute Gasteiger partial charge is 0.494 e. The average Bonchev–Trinajstić information content (AvgIpc) is 3.69. The van der Waals surface area contributed by atoms with E-state index in [2.05, 4.69) is 15.4 Å². The van der Waals surface area contributed by atoms with Crippen LogP contribution in [0.2, 0.25) is 0 Å². The number of para-hydroxylation sites is 2. The number of benzene rings is 2. The van der Waals surface area contributed by atoms with Crippen LogP contribution in [0, 0.1) is 0 Å². The molecule has 0 radical (unpaired) electrons. The van der Waals surface area contributed by atoms with Crippen molar-refractivity contribution in [1.82, 2.24) is 34.9 Å². The molecule has 2 aromatic heterocycles. The predicted octanol–water partition coefficient (Wildman–Crippen LogP) is 3.67. The molecule has 0 bridgehead atoms. The molecule has 4 amide bonds. The molecule has 236 valence electrons. The van der Waals surface area contributed by atoms with E-state index in [9.17, 15) is 19.2 Å². The van der Waals surface area contributed by atoms with E-state index < -0.39 is 6.04 Å².